The highest BCUT2D eigenvalue weighted by atomic mass is 35.5. The van der Waals surface area contributed by atoms with Crippen LogP contribution in [-0.4, -0.2) is 42.0 Å². The van der Waals surface area contributed by atoms with Crippen molar-refractivity contribution >= 4 is 42.1 Å². The van der Waals surface area contributed by atoms with Crippen molar-refractivity contribution in [3.05, 3.63) is 45.9 Å². The predicted octanol–water partition coefficient (Wildman–Crippen LogP) is 3.31. The Balaban J connectivity index is 0.00000156. The molecule has 0 spiro atoms. The average Bonchev–Trinajstić information content (AvgIpc) is 2.82. The van der Waals surface area contributed by atoms with E-state index >= 15 is 0 Å². The van der Waals surface area contributed by atoms with Gasteiger partial charge >= 0.3 is 0 Å². The Morgan fingerprint density at radius 3 is 2.92 bits per heavy atom. The van der Waals surface area contributed by atoms with Gasteiger partial charge in [0.2, 0.25) is 0 Å². The molecule has 0 atom stereocenters. The fourth-order valence-electron chi connectivity index (χ4n) is 2.58. The van der Waals surface area contributed by atoms with Gasteiger partial charge in [-0.2, -0.15) is 0 Å². The van der Waals surface area contributed by atoms with Crippen molar-refractivity contribution in [2.45, 2.75) is 20.0 Å². The molecular weight excluding hydrogens is 381 g/mol. The zero-order chi connectivity index (χ0) is 16.1. The Morgan fingerprint density at radius 2 is 2.16 bits per heavy atom. The first-order valence-corrected chi connectivity index (χ1v) is 8.74. The number of nitrogens with zero attached hydrogens (tertiary/aromatic N) is 2. The molecule has 1 aliphatic rings. The number of thiazole rings is 1. The van der Waals surface area contributed by atoms with Crippen LogP contribution in [0.15, 0.2) is 29.6 Å². The molecular formula is C17H23Cl2N3O2S. The summed E-state index contributed by atoms with van der Waals surface area (Å²) in [6, 6.07) is 7.41. The van der Waals surface area contributed by atoms with Gasteiger partial charge in [-0.1, -0.05) is 6.07 Å². The van der Waals surface area contributed by atoms with Crippen LogP contribution in [0.1, 0.15) is 27.5 Å². The van der Waals surface area contributed by atoms with Crippen molar-refractivity contribution in [1.82, 2.24) is 15.2 Å². The molecule has 5 nitrogen and oxygen atoms in total. The second kappa shape index (κ2) is 10.6. The molecule has 2 heterocycles. The topological polar surface area (TPSA) is 54.5 Å². The summed E-state index contributed by atoms with van der Waals surface area (Å²) in [7, 11) is 0. The number of amides is 1. The van der Waals surface area contributed by atoms with Crippen molar-refractivity contribution in [1.29, 1.82) is 0 Å². The number of hydrogen-bond donors (Lipinski definition) is 1. The quantitative estimate of drug-likeness (QED) is 0.850. The number of aromatic nitrogens is 1. The first kappa shape index (κ1) is 21.7. The normalized spacial score (nSPS) is 14.0. The largest absolute Gasteiger partial charge is 0.487 e. The number of ether oxygens (including phenoxy) is 1. The number of carbonyl (C=O) groups excluding carboxylic acids is 1. The summed E-state index contributed by atoms with van der Waals surface area (Å²) in [6.07, 6.45) is 0.991. The van der Waals surface area contributed by atoms with Crippen molar-refractivity contribution in [2.24, 2.45) is 0 Å². The number of benzene rings is 1. The van der Waals surface area contributed by atoms with E-state index in [9.17, 15) is 4.79 Å². The third-order valence-electron chi connectivity index (χ3n) is 3.76. The second-order valence-corrected chi connectivity index (χ2v) is 6.63. The Labute approximate surface area is 164 Å². The van der Waals surface area contributed by atoms with E-state index in [1.807, 2.05) is 41.5 Å². The molecule has 3 rings (SSSR count). The SMILES string of the molecule is Cc1nc(COc2cccc(C(=O)N3CCCNCC3)c2)cs1.Cl.Cl. The van der Waals surface area contributed by atoms with E-state index < -0.39 is 0 Å². The molecule has 1 N–H and O–H groups in total. The number of aryl methyl sites for hydroxylation is 1. The minimum absolute atomic E-state index is 0. The van der Waals surface area contributed by atoms with E-state index in [1.54, 1.807) is 11.3 Å². The molecule has 1 aromatic carbocycles. The zero-order valence-corrected chi connectivity index (χ0v) is 16.5. The summed E-state index contributed by atoms with van der Waals surface area (Å²) in [4.78, 5) is 18.9. The molecule has 0 unspecified atom stereocenters. The highest BCUT2D eigenvalue weighted by molar-refractivity contribution is 7.09. The van der Waals surface area contributed by atoms with Crippen molar-refractivity contribution in [3.63, 3.8) is 0 Å². The Morgan fingerprint density at radius 1 is 1.32 bits per heavy atom. The number of halogens is 2. The second-order valence-electron chi connectivity index (χ2n) is 5.57. The molecule has 2 aromatic rings. The third kappa shape index (κ3) is 6.15. The Kier molecular flexibility index (Phi) is 9.21. The van der Waals surface area contributed by atoms with Crippen LogP contribution in [0.5, 0.6) is 5.75 Å². The van der Waals surface area contributed by atoms with Gasteiger partial charge in [-0.15, -0.1) is 36.2 Å². The fourth-order valence-corrected chi connectivity index (χ4v) is 3.18. The van der Waals surface area contributed by atoms with Gasteiger partial charge in [0.15, 0.2) is 0 Å². The van der Waals surface area contributed by atoms with Gasteiger partial charge in [0.05, 0.1) is 10.7 Å². The van der Waals surface area contributed by atoms with E-state index in [2.05, 4.69) is 10.3 Å². The molecule has 25 heavy (non-hydrogen) atoms. The van der Waals surface area contributed by atoms with Crippen LogP contribution in [0.3, 0.4) is 0 Å². The maximum atomic E-state index is 12.6. The first-order chi connectivity index (χ1) is 11.2. The monoisotopic (exact) mass is 403 g/mol. The van der Waals surface area contributed by atoms with Crippen LogP contribution < -0.4 is 10.1 Å². The van der Waals surface area contributed by atoms with Gasteiger partial charge in [-0.05, 0) is 38.1 Å². The first-order valence-electron chi connectivity index (χ1n) is 7.86. The molecule has 1 saturated heterocycles. The zero-order valence-electron chi connectivity index (χ0n) is 14.1. The molecule has 1 amide bonds. The van der Waals surface area contributed by atoms with E-state index in [1.165, 1.54) is 0 Å². The Hall–Kier alpha value is -1.34. The fraction of sp³-hybridized carbons (Fsp3) is 0.412. The lowest BCUT2D eigenvalue weighted by molar-refractivity contribution is 0.0766. The molecule has 1 fully saturated rings. The van der Waals surface area contributed by atoms with Gasteiger partial charge in [0, 0.05) is 30.6 Å². The number of nitrogens with one attached hydrogen (secondary N) is 1. The van der Waals surface area contributed by atoms with E-state index in [0.29, 0.717) is 17.9 Å². The van der Waals surface area contributed by atoms with E-state index in [4.69, 9.17) is 4.74 Å². The molecule has 138 valence electrons. The number of rotatable bonds is 4. The van der Waals surface area contributed by atoms with E-state index in [-0.39, 0.29) is 30.7 Å². The van der Waals surface area contributed by atoms with Gasteiger partial charge in [0.1, 0.15) is 12.4 Å². The summed E-state index contributed by atoms with van der Waals surface area (Å²) in [5, 5.41) is 6.34. The molecule has 0 aliphatic carbocycles. The van der Waals surface area contributed by atoms with Crippen LogP contribution in [0.25, 0.3) is 0 Å². The van der Waals surface area contributed by atoms with Crippen LogP contribution in [-0.2, 0) is 6.61 Å². The molecule has 1 aromatic heterocycles. The lowest BCUT2D eigenvalue weighted by Crippen LogP contribution is -2.34. The minimum Gasteiger partial charge on any atom is -0.487 e. The molecule has 1 aliphatic heterocycles. The highest BCUT2D eigenvalue weighted by Crippen LogP contribution is 2.18. The van der Waals surface area contributed by atoms with E-state index in [0.717, 1.165) is 43.3 Å². The summed E-state index contributed by atoms with van der Waals surface area (Å²) in [5.74, 6) is 0.776. The maximum Gasteiger partial charge on any atom is 0.254 e. The number of hydrogen-bond acceptors (Lipinski definition) is 5. The molecule has 8 heteroatoms. The summed E-state index contributed by atoms with van der Waals surface area (Å²) >= 11 is 1.61. The molecule has 0 saturated carbocycles. The van der Waals surface area contributed by atoms with Gasteiger partial charge < -0.3 is 15.0 Å². The van der Waals surface area contributed by atoms with Crippen molar-refractivity contribution in [2.75, 3.05) is 26.2 Å². The predicted molar refractivity (Wildman–Crippen MR) is 106 cm³/mol. The lowest BCUT2D eigenvalue weighted by Gasteiger charge is -2.20. The molecule has 0 bridgehead atoms. The van der Waals surface area contributed by atoms with Crippen molar-refractivity contribution < 1.29 is 9.53 Å². The van der Waals surface area contributed by atoms with Gasteiger partial charge in [0.25, 0.3) is 5.91 Å². The standard InChI is InChI=1S/C17H21N3O2S.2ClH/c1-13-19-15(12-23-13)11-22-16-5-2-4-14(10-16)17(21)20-8-3-6-18-7-9-20;;/h2,4-5,10,12,18H,3,6-9,11H2,1H3;2*1H. The smallest absolute Gasteiger partial charge is 0.254 e. The highest BCUT2D eigenvalue weighted by Gasteiger charge is 2.17. The summed E-state index contributed by atoms with van der Waals surface area (Å²) < 4.78 is 5.77. The summed E-state index contributed by atoms with van der Waals surface area (Å²) in [6.45, 7) is 5.78. The maximum absolute atomic E-state index is 12.6. The van der Waals surface area contributed by atoms with Crippen LogP contribution in [0.4, 0.5) is 0 Å². The third-order valence-corrected chi connectivity index (χ3v) is 4.58. The van der Waals surface area contributed by atoms with Crippen LogP contribution in [0, 0.1) is 6.92 Å². The van der Waals surface area contributed by atoms with Gasteiger partial charge in [-0.3, -0.25) is 4.79 Å². The van der Waals surface area contributed by atoms with Crippen LogP contribution >= 0.6 is 36.2 Å². The lowest BCUT2D eigenvalue weighted by atomic mass is 10.2. The van der Waals surface area contributed by atoms with Crippen LogP contribution in [0.2, 0.25) is 0 Å². The minimum atomic E-state index is 0. The molecule has 0 radical (unpaired) electrons. The van der Waals surface area contributed by atoms with Gasteiger partial charge in [-0.25, -0.2) is 4.98 Å². The number of carbonyl (C=O) groups is 1. The Bertz CT molecular complexity index is 673. The summed E-state index contributed by atoms with van der Waals surface area (Å²) in [5.41, 5.74) is 1.60. The average molecular weight is 404 g/mol. The van der Waals surface area contributed by atoms with Crippen molar-refractivity contribution in [3.8, 4) is 5.75 Å².